The van der Waals surface area contributed by atoms with Crippen LogP contribution in [0.25, 0.3) is 0 Å². The van der Waals surface area contributed by atoms with Crippen LogP contribution in [0, 0.1) is 11.3 Å². The Bertz CT molecular complexity index is 401. The molecule has 0 unspecified atom stereocenters. The molecule has 0 fully saturated rings. The zero-order chi connectivity index (χ0) is 13.2. The van der Waals surface area contributed by atoms with E-state index in [1.54, 1.807) is 18.9 Å². The first kappa shape index (κ1) is 15.0. The number of thioether (sulfide) groups is 1. The van der Waals surface area contributed by atoms with Gasteiger partial charge in [0, 0.05) is 25.1 Å². The van der Waals surface area contributed by atoms with Crippen LogP contribution in [0.4, 0.5) is 0 Å². The second kappa shape index (κ2) is 8.98. The molecular formula is C14H20N2OS. The molecule has 1 N–H and O–H groups in total. The highest BCUT2D eigenvalue weighted by molar-refractivity contribution is 7.99. The van der Waals surface area contributed by atoms with Gasteiger partial charge in [-0.1, -0.05) is 13.0 Å². The number of ether oxygens (including phenoxy) is 1. The summed E-state index contributed by atoms with van der Waals surface area (Å²) in [6, 6.07) is 8.37. The van der Waals surface area contributed by atoms with Crippen LogP contribution in [-0.2, 0) is 11.3 Å². The van der Waals surface area contributed by atoms with Gasteiger partial charge in [0.2, 0.25) is 0 Å². The number of benzene rings is 1. The Morgan fingerprint density at radius 1 is 1.44 bits per heavy atom. The van der Waals surface area contributed by atoms with E-state index in [2.05, 4.69) is 24.4 Å². The van der Waals surface area contributed by atoms with Crippen molar-refractivity contribution in [3.63, 3.8) is 0 Å². The minimum atomic E-state index is 0.704. The molecule has 0 spiro atoms. The molecule has 3 nitrogen and oxygen atoms in total. The van der Waals surface area contributed by atoms with E-state index in [1.807, 2.05) is 12.1 Å². The average Bonchev–Trinajstić information content (AvgIpc) is 2.41. The molecule has 0 aliphatic rings. The van der Waals surface area contributed by atoms with Crippen molar-refractivity contribution in [1.29, 1.82) is 5.26 Å². The molecule has 0 radical (unpaired) electrons. The first-order chi connectivity index (χ1) is 8.81. The van der Waals surface area contributed by atoms with E-state index in [9.17, 15) is 0 Å². The number of nitriles is 1. The Balaban J connectivity index is 2.58. The van der Waals surface area contributed by atoms with Gasteiger partial charge in [0.25, 0.3) is 0 Å². The van der Waals surface area contributed by atoms with Crippen molar-refractivity contribution in [3.8, 4) is 6.07 Å². The molecule has 0 amide bonds. The lowest BCUT2D eigenvalue weighted by Crippen LogP contribution is -2.18. The van der Waals surface area contributed by atoms with Crippen LogP contribution < -0.4 is 5.32 Å². The Hall–Kier alpha value is -1.02. The fourth-order valence-corrected chi connectivity index (χ4v) is 2.37. The Labute approximate surface area is 114 Å². The minimum Gasteiger partial charge on any atom is -0.383 e. The molecule has 1 aromatic carbocycles. The normalized spacial score (nSPS) is 10.3. The lowest BCUT2D eigenvalue weighted by atomic mass is 10.1. The molecule has 18 heavy (non-hydrogen) atoms. The van der Waals surface area contributed by atoms with Crippen LogP contribution in [0.5, 0.6) is 0 Å². The van der Waals surface area contributed by atoms with E-state index in [4.69, 9.17) is 10.00 Å². The summed E-state index contributed by atoms with van der Waals surface area (Å²) in [5.41, 5.74) is 1.92. The third-order valence-corrected chi connectivity index (χ3v) is 3.72. The van der Waals surface area contributed by atoms with E-state index >= 15 is 0 Å². The van der Waals surface area contributed by atoms with Gasteiger partial charge in [0.1, 0.15) is 6.07 Å². The van der Waals surface area contributed by atoms with Gasteiger partial charge >= 0.3 is 0 Å². The zero-order valence-corrected chi connectivity index (χ0v) is 11.8. The monoisotopic (exact) mass is 264 g/mol. The van der Waals surface area contributed by atoms with E-state index in [1.165, 1.54) is 0 Å². The van der Waals surface area contributed by atoms with Crippen molar-refractivity contribution in [3.05, 3.63) is 29.3 Å². The number of rotatable bonds is 8. The second-order valence-electron chi connectivity index (χ2n) is 3.96. The van der Waals surface area contributed by atoms with Crippen molar-refractivity contribution in [2.24, 2.45) is 0 Å². The topological polar surface area (TPSA) is 45.0 Å². The van der Waals surface area contributed by atoms with Crippen molar-refractivity contribution in [2.75, 3.05) is 26.0 Å². The van der Waals surface area contributed by atoms with Crippen LogP contribution in [0.1, 0.15) is 24.5 Å². The molecule has 0 saturated heterocycles. The van der Waals surface area contributed by atoms with Crippen LogP contribution in [0.3, 0.4) is 0 Å². The summed E-state index contributed by atoms with van der Waals surface area (Å²) in [7, 11) is 1.69. The van der Waals surface area contributed by atoms with Crippen molar-refractivity contribution in [1.82, 2.24) is 5.32 Å². The number of nitrogens with one attached hydrogen (secondary N) is 1. The summed E-state index contributed by atoms with van der Waals surface area (Å²) in [6.45, 7) is 4.45. The number of hydrogen-bond acceptors (Lipinski definition) is 4. The molecule has 0 aliphatic heterocycles. The smallest absolute Gasteiger partial charge is 0.100 e. The Morgan fingerprint density at radius 3 is 2.94 bits per heavy atom. The fourth-order valence-electron chi connectivity index (χ4n) is 1.52. The largest absolute Gasteiger partial charge is 0.383 e. The highest BCUT2D eigenvalue weighted by atomic mass is 32.2. The van der Waals surface area contributed by atoms with Gasteiger partial charge in [0.05, 0.1) is 12.2 Å². The molecule has 98 valence electrons. The molecule has 0 atom stereocenters. The molecule has 1 rings (SSSR count). The van der Waals surface area contributed by atoms with E-state index in [0.29, 0.717) is 6.61 Å². The number of nitrogens with zero attached hydrogens (tertiary/aromatic N) is 1. The maximum Gasteiger partial charge on any atom is 0.100 e. The van der Waals surface area contributed by atoms with Crippen molar-refractivity contribution >= 4 is 11.8 Å². The summed E-state index contributed by atoms with van der Waals surface area (Å²) in [4.78, 5) is 1.08. The third-order valence-electron chi connectivity index (χ3n) is 2.44. The Kier molecular flexibility index (Phi) is 7.51. The maximum atomic E-state index is 9.15. The van der Waals surface area contributed by atoms with Crippen molar-refractivity contribution < 1.29 is 4.74 Å². The average molecular weight is 264 g/mol. The lowest BCUT2D eigenvalue weighted by molar-refractivity contribution is 0.199. The maximum absolute atomic E-state index is 9.15. The molecule has 0 aromatic heterocycles. The number of methoxy groups -OCH3 is 1. The lowest BCUT2D eigenvalue weighted by Gasteiger charge is -2.07. The SMILES string of the molecule is CCCSc1ccc(CNCCOC)cc1C#N. The molecule has 0 bridgehead atoms. The van der Waals surface area contributed by atoms with E-state index < -0.39 is 0 Å². The van der Waals surface area contributed by atoms with Crippen LogP contribution in [0.15, 0.2) is 23.1 Å². The second-order valence-corrected chi connectivity index (χ2v) is 5.10. The quantitative estimate of drug-likeness (QED) is 0.579. The summed E-state index contributed by atoms with van der Waals surface area (Å²) in [6.07, 6.45) is 1.12. The van der Waals surface area contributed by atoms with Gasteiger partial charge in [-0.3, -0.25) is 0 Å². The molecule has 0 heterocycles. The molecule has 4 heteroatoms. The zero-order valence-electron chi connectivity index (χ0n) is 11.0. The fraction of sp³-hybridized carbons (Fsp3) is 0.500. The minimum absolute atomic E-state index is 0.704. The van der Waals surface area contributed by atoms with Gasteiger partial charge < -0.3 is 10.1 Å². The Morgan fingerprint density at radius 2 is 2.28 bits per heavy atom. The van der Waals surface area contributed by atoms with Gasteiger partial charge in [-0.2, -0.15) is 5.26 Å². The van der Waals surface area contributed by atoms with Crippen LogP contribution in [-0.4, -0.2) is 26.0 Å². The van der Waals surface area contributed by atoms with Crippen molar-refractivity contribution in [2.45, 2.75) is 24.8 Å². The van der Waals surface area contributed by atoms with Gasteiger partial charge in [0.15, 0.2) is 0 Å². The first-order valence-electron chi connectivity index (χ1n) is 6.17. The summed E-state index contributed by atoms with van der Waals surface area (Å²) < 4.78 is 4.97. The van der Waals surface area contributed by atoms with Crippen LogP contribution in [0.2, 0.25) is 0 Å². The molecule has 0 saturated carbocycles. The van der Waals surface area contributed by atoms with Crippen LogP contribution >= 0.6 is 11.8 Å². The third kappa shape index (κ3) is 5.09. The molecule has 0 aliphatic carbocycles. The van der Waals surface area contributed by atoms with E-state index in [0.717, 1.165) is 41.3 Å². The highest BCUT2D eigenvalue weighted by Gasteiger charge is 2.03. The van der Waals surface area contributed by atoms with Gasteiger partial charge in [-0.25, -0.2) is 0 Å². The first-order valence-corrected chi connectivity index (χ1v) is 7.15. The molecule has 1 aromatic rings. The summed E-state index contributed by atoms with van der Waals surface area (Å²) in [5, 5.41) is 12.4. The number of hydrogen-bond donors (Lipinski definition) is 1. The predicted octanol–water partition coefficient (Wildman–Crippen LogP) is 2.80. The molecular weight excluding hydrogens is 244 g/mol. The standard InChI is InChI=1S/C14H20N2OS/c1-3-8-18-14-5-4-12(9-13(14)10-15)11-16-6-7-17-2/h4-5,9,16H,3,6-8,11H2,1-2H3. The van der Waals surface area contributed by atoms with Gasteiger partial charge in [-0.15, -0.1) is 11.8 Å². The van der Waals surface area contributed by atoms with Gasteiger partial charge in [-0.05, 0) is 29.9 Å². The van der Waals surface area contributed by atoms with E-state index in [-0.39, 0.29) is 0 Å². The summed E-state index contributed by atoms with van der Waals surface area (Å²) in [5.74, 6) is 1.06. The summed E-state index contributed by atoms with van der Waals surface area (Å²) >= 11 is 1.75. The highest BCUT2D eigenvalue weighted by Crippen LogP contribution is 2.23. The predicted molar refractivity (Wildman–Crippen MR) is 75.8 cm³/mol.